The lowest BCUT2D eigenvalue weighted by molar-refractivity contribution is -0.130. The predicted octanol–water partition coefficient (Wildman–Crippen LogP) is 3.59. The predicted molar refractivity (Wildman–Crippen MR) is 78.7 cm³/mol. The van der Waals surface area contributed by atoms with Gasteiger partial charge in [0.05, 0.1) is 10.0 Å². The maximum absolute atomic E-state index is 11.3. The van der Waals surface area contributed by atoms with E-state index in [1.54, 1.807) is 6.07 Å². The Hall–Kier alpha value is -0.280. The normalized spacial score (nSPS) is 37.6. The van der Waals surface area contributed by atoms with Gasteiger partial charge in [-0.25, -0.2) is 0 Å². The highest BCUT2D eigenvalue weighted by Crippen LogP contribution is 2.52. The summed E-state index contributed by atoms with van der Waals surface area (Å²) in [7, 11) is 1.94. The minimum atomic E-state index is -0.815. The fourth-order valence-electron chi connectivity index (χ4n) is 4.12. The van der Waals surface area contributed by atoms with Crippen LogP contribution in [0.4, 0.5) is 0 Å². The smallest absolute Gasteiger partial charge is 0.108 e. The van der Waals surface area contributed by atoms with Crippen LogP contribution in [0.5, 0.6) is 0 Å². The number of rotatable bonds is 2. The number of benzene rings is 1. The van der Waals surface area contributed by atoms with Crippen LogP contribution in [0.2, 0.25) is 10.0 Å². The van der Waals surface area contributed by atoms with Crippen molar-refractivity contribution in [3.05, 3.63) is 33.8 Å². The zero-order valence-corrected chi connectivity index (χ0v) is 12.5. The van der Waals surface area contributed by atoms with Crippen LogP contribution >= 0.6 is 23.2 Å². The average Bonchev–Trinajstić information content (AvgIpc) is 2.43. The van der Waals surface area contributed by atoms with Gasteiger partial charge in [0.15, 0.2) is 0 Å². The average molecular weight is 300 g/mol. The van der Waals surface area contributed by atoms with Gasteiger partial charge < -0.3 is 10.4 Å². The fraction of sp³-hybridized carbons (Fsp3) is 0.600. The molecule has 1 aromatic carbocycles. The summed E-state index contributed by atoms with van der Waals surface area (Å²) in [4.78, 5) is 0. The van der Waals surface area contributed by atoms with Crippen LogP contribution in [-0.4, -0.2) is 18.2 Å². The van der Waals surface area contributed by atoms with Crippen LogP contribution in [0.15, 0.2) is 18.2 Å². The molecule has 0 heterocycles. The number of hydrogen-bond donors (Lipinski definition) is 2. The van der Waals surface area contributed by atoms with Crippen LogP contribution in [-0.2, 0) is 5.60 Å². The largest absolute Gasteiger partial charge is 0.383 e. The van der Waals surface area contributed by atoms with Gasteiger partial charge in [-0.1, -0.05) is 29.3 Å². The summed E-state index contributed by atoms with van der Waals surface area (Å²) >= 11 is 12.1. The number of aliphatic hydroxyl groups is 1. The van der Waals surface area contributed by atoms with Gasteiger partial charge in [-0.15, -0.1) is 0 Å². The van der Waals surface area contributed by atoms with Crippen molar-refractivity contribution >= 4 is 23.2 Å². The van der Waals surface area contributed by atoms with Crippen molar-refractivity contribution in [3.8, 4) is 0 Å². The first-order chi connectivity index (χ1) is 9.07. The molecule has 0 spiro atoms. The van der Waals surface area contributed by atoms with Crippen molar-refractivity contribution in [2.45, 2.75) is 37.3 Å². The molecule has 0 saturated heterocycles. The molecule has 3 saturated carbocycles. The summed E-state index contributed by atoms with van der Waals surface area (Å²) in [5, 5.41) is 15.7. The Morgan fingerprint density at radius 2 is 1.84 bits per heavy atom. The van der Waals surface area contributed by atoms with Crippen LogP contribution in [0.25, 0.3) is 0 Å². The molecule has 2 unspecified atom stereocenters. The Balaban J connectivity index is 2.06. The third-order valence-electron chi connectivity index (χ3n) is 5.03. The maximum Gasteiger partial charge on any atom is 0.108 e. The Labute approximate surface area is 124 Å². The molecule has 2 nitrogen and oxygen atoms in total. The first-order valence-corrected chi connectivity index (χ1v) is 7.68. The molecule has 4 rings (SSSR count). The SMILES string of the molecule is CNC1C2CCC(CC2)C1(O)c1ccc(Cl)c(Cl)c1. The zero-order valence-electron chi connectivity index (χ0n) is 11.0. The summed E-state index contributed by atoms with van der Waals surface area (Å²) in [6, 6.07) is 5.64. The van der Waals surface area contributed by atoms with Crippen LogP contribution < -0.4 is 5.32 Å². The van der Waals surface area contributed by atoms with Crippen molar-refractivity contribution in [1.29, 1.82) is 0 Å². The van der Waals surface area contributed by atoms with Crippen LogP contribution in [0, 0.1) is 11.8 Å². The van der Waals surface area contributed by atoms with Gasteiger partial charge in [-0.05, 0) is 62.3 Å². The lowest BCUT2D eigenvalue weighted by Crippen LogP contribution is -2.61. The quantitative estimate of drug-likeness (QED) is 0.875. The standard InChI is InChI=1S/C15H19Cl2NO/c1-18-14-9-2-4-10(5-3-9)15(14,19)11-6-7-12(16)13(17)8-11/h6-10,14,18-19H,2-5H2,1H3. The second-order valence-corrected chi connectivity index (χ2v) is 6.65. The molecule has 2 atom stereocenters. The van der Waals surface area contributed by atoms with E-state index in [1.807, 2.05) is 19.2 Å². The van der Waals surface area contributed by atoms with E-state index in [0.717, 1.165) is 18.4 Å². The summed E-state index contributed by atoms with van der Waals surface area (Å²) in [6.07, 6.45) is 4.61. The van der Waals surface area contributed by atoms with Gasteiger partial charge >= 0.3 is 0 Å². The van der Waals surface area contributed by atoms with Crippen molar-refractivity contribution in [1.82, 2.24) is 5.32 Å². The van der Waals surface area contributed by atoms with E-state index >= 15 is 0 Å². The molecule has 1 aromatic rings. The first-order valence-electron chi connectivity index (χ1n) is 6.92. The van der Waals surface area contributed by atoms with Gasteiger partial charge in [0, 0.05) is 6.04 Å². The molecule has 2 bridgehead atoms. The first kappa shape index (κ1) is 13.7. The van der Waals surface area contributed by atoms with Crippen LogP contribution in [0.3, 0.4) is 0 Å². The highest BCUT2D eigenvalue weighted by molar-refractivity contribution is 6.42. The van der Waals surface area contributed by atoms with Crippen LogP contribution in [0.1, 0.15) is 31.2 Å². The minimum absolute atomic E-state index is 0.109. The van der Waals surface area contributed by atoms with Crippen molar-refractivity contribution < 1.29 is 5.11 Å². The summed E-state index contributed by atoms with van der Waals surface area (Å²) in [5.41, 5.74) is 0.0834. The summed E-state index contributed by atoms with van der Waals surface area (Å²) < 4.78 is 0. The molecule has 19 heavy (non-hydrogen) atoms. The molecule has 104 valence electrons. The van der Waals surface area contributed by atoms with E-state index in [4.69, 9.17) is 23.2 Å². The Kier molecular flexibility index (Phi) is 3.55. The summed E-state index contributed by atoms with van der Waals surface area (Å²) in [5.74, 6) is 0.863. The van der Waals surface area contributed by atoms with E-state index in [-0.39, 0.29) is 6.04 Å². The van der Waals surface area contributed by atoms with Gasteiger partial charge in [-0.3, -0.25) is 0 Å². The Morgan fingerprint density at radius 1 is 1.16 bits per heavy atom. The molecule has 0 amide bonds. The Morgan fingerprint density at radius 3 is 2.42 bits per heavy atom. The van der Waals surface area contributed by atoms with E-state index in [0.29, 0.717) is 21.9 Å². The molecular weight excluding hydrogens is 281 g/mol. The minimum Gasteiger partial charge on any atom is -0.383 e. The zero-order chi connectivity index (χ0) is 13.6. The third-order valence-corrected chi connectivity index (χ3v) is 5.77. The number of fused-ring (bicyclic) bond motifs is 3. The van der Waals surface area contributed by atoms with Gasteiger partial charge in [0.25, 0.3) is 0 Å². The number of hydrogen-bond acceptors (Lipinski definition) is 2. The van der Waals surface area contributed by atoms with Gasteiger partial charge in [0.2, 0.25) is 0 Å². The Bertz CT molecular complexity index is 485. The maximum atomic E-state index is 11.3. The molecule has 3 aliphatic carbocycles. The lowest BCUT2D eigenvalue weighted by Gasteiger charge is -2.54. The molecule has 4 heteroatoms. The summed E-state index contributed by atoms with van der Waals surface area (Å²) in [6.45, 7) is 0. The van der Waals surface area contributed by atoms with E-state index in [9.17, 15) is 5.11 Å². The van der Waals surface area contributed by atoms with Crippen molar-refractivity contribution in [2.75, 3.05) is 7.05 Å². The van der Waals surface area contributed by atoms with Crippen molar-refractivity contribution in [2.24, 2.45) is 11.8 Å². The molecule has 0 aromatic heterocycles. The number of nitrogens with one attached hydrogen (secondary N) is 1. The van der Waals surface area contributed by atoms with E-state index in [2.05, 4.69) is 5.32 Å². The lowest BCUT2D eigenvalue weighted by atomic mass is 9.57. The highest BCUT2D eigenvalue weighted by Gasteiger charge is 2.54. The second-order valence-electron chi connectivity index (χ2n) is 5.83. The third kappa shape index (κ3) is 2.01. The number of likely N-dealkylation sites (N-methyl/N-ethyl adjacent to an activating group) is 1. The fourth-order valence-corrected chi connectivity index (χ4v) is 4.42. The molecule has 0 aliphatic heterocycles. The number of halogens is 2. The molecular formula is C15H19Cl2NO. The molecule has 2 N–H and O–H groups in total. The van der Waals surface area contributed by atoms with Gasteiger partial charge in [0.1, 0.15) is 5.60 Å². The molecule has 0 radical (unpaired) electrons. The van der Waals surface area contributed by atoms with Crippen molar-refractivity contribution in [3.63, 3.8) is 0 Å². The topological polar surface area (TPSA) is 32.3 Å². The monoisotopic (exact) mass is 299 g/mol. The molecule has 3 aliphatic rings. The van der Waals surface area contributed by atoms with E-state index in [1.165, 1.54) is 12.8 Å². The van der Waals surface area contributed by atoms with E-state index < -0.39 is 5.60 Å². The van der Waals surface area contributed by atoms with Gasteiger partial charge in [-0.2, -0.15) is 0 Å². The molecule has 3 fully saturated rings. The second kappa shape index (κ2) is 4.92. The highest BCUT2D eigenvalue weighted by atomic mass is 35.5.